The van der Waals surface area contributed by atoms with E-state index in [2.05, 4.69) is 20.8 Å². The van der Waals surface area contributed by atoms with Crippen LogP contribution in [0.25, 0.3) is 0 Å². The SMILES string of the molecule is CCCCCC.[CH2]CN(C)C. The lowest BCUT2D eigenvalue weighted by atomic mass is 10.2. The number of hydrogen-bond donors (Lipinski definition) is 0. The number of hydrogen-bond acceptors (Lipinski definition) is 1. The van der Waals surface area contributed by atoms with Gasteiger partial charge < -0.3 is 4.90 Å². The summed E-state index contributed by atoms with van der Waals surface area (Å²) in [5, 5.41) is 0. The molecule has 0 unspecified atom stereocenters. The van der Waals surface area contributed by atoms with Crippen LogP contribution < -0.4 is 0 Å². The Labute approximate surface area is 72.8 Å². The quantitative estimate of drug-likeness (QED) is 0.569. The molecule has 0 N–H and O–H groups in total. The molecule has 0 saturated carbocycles. The minimum absolute atomic E-state index is 0.889. The van der Waals surface area contributed by atoms with Crippen LogP contribution in [0.5, 0.6) is 0 Å². The molecule has 0 aromatic heterocycles. The fourth-order valence-corrected chi connectivity index (χ4v) is 0.500. The van der Waals surface area contributed by atoms with E-state index in [4.69, 9.17) is 0 Å². The largest absolute Gasteiger partial charge is 0.309 e. The molecule has 0 aromatic carbocycles. The number of rotatable bonds is 4. The molecule has 1 heteroatoms. The summed E-state index contributed by atoms with van der Waals surface area (Å²) in [4.78, 5) is 2.01. The third-order valence-electron chi connectivity index (χ3n) is 1.40. The van der Waals surface area contributed by atoms with E-state index >= 15 is 0 Å². The van der Waals surface area contributed by atoms with Gasteiger partial charge in [0.2, 0.25) is 0 Å². The molecule has 0 amide bonds. The van der Waals surface area contributed by atoms with Gasteiger partial charge in [-0.25, -0.2) is 0 Å². The Morgan fingerprint density at radius 1 is 1.00 bits per heavy atom. The van der Waals surface area contributed by atoms with Crippen LogP contribution in [0.2, 0.25) is 0 Å². The fourth-order valence-electron chi connectivity index (χ4n) is 0.500. The first-order valence-electron chi connectivity index (χ1n) is 4.62. The molecular weight excluding hydrogens is 134 g/mol. The molecule has 0 saturated heterocycles. The lowest BCUT2D eigenvalue weighted by Gasteiger charge is -1.99. The topological polar surface area (TPSA) is 3.24 Å². The molecule has 0 aliphatic rings. The summed E-state index contributed by atoms with van der Waals surface area (Å²) in [6.45, 7) is 8.96. The van der Waals surface area contributed by atoms with Crippen LogP contribution in [0, 0.1) is 6.92 Å². The summed E-state index contributed by atoms with van der Waals surface area (Å²) < 4.78 is 0. The highest BCUT2D eigenvalue weighted by molar-refractivity contribution is 4.39. The van der Waals surface area contributed by atoms with Crippen LogP contribution in [0.1, 0.15) is 39.5 Å². The monoisotopic (exact) mass is 158 g/mol. The van der Waals surface area contributed by atoms with E-state index < -0.39 is 0 Å². The summed E-state index contributed by atoms with van der Waals surface area (Å²) in [6, 6.07) is 0. The molecule has 0 aliphatic carbocycles. The number of nitrogens with zero attached hydrogens (tertiary/aromatic N) is 1. The van der Waals surface area contributed by atoms with Gasteiger partial charge in [0.1, 0.15) is 0 Å². The van der Waals surface area contributed by atoms with Gasteiger partial charge in [0.15, 0.2) is 0 Å². The van der Waals surface area contributed by atoms with Crippen molar-refractivity contribution >= 4 is 0 Å². The van der Waals surface area contributed by atoms with E-state index in [1.165, 1.54) is 25.7 Å². The molecular formula is C10H24N. The molecule has 0 spiro atoms. The Morgan fingerprint density at radius 2 is 1.27 bits per heavy atom. The Hall–Kier alpha value is -0.0400. The van der Waals surface area contributed by atoms with Gasteiger partial charge in [-0.15, -0.1) is 0 Å². The number of unbranched alkanes of at least 4 members (excludes halogenated alkanes) is 3. The second-order valence-electron chi connectivity index (χ2n) is 3.01. The van der Waals surface area contributed by atoms with Crippen LogP contribution in [-0.2, 0) is 0 Å². The maximum atomic E-state index is 3.61. The van der Waals surface area contributed by atoms with Gasteiger partial charge in [-0.05, 0) is 27.6 Å². The molecule has 0 aliphatic heterocycles. The molecule has 0 aromatic rings. The molecule has 0 fully saturated rings. The van der Waals surface area contributed by atoms with Crippen molar-refractivity contribution in [3.8, 4) is 0 Å². The van der Waals surface area contributed by atoms with Crippen molar-refractivity contribution in [1.82, 2.24) is 4.90 Å². The van der Waals surface area contributed by atoms with Gasteiger partial charge in [-0.1, -0.05) is 39.5 Å². The molecule has 1 nitrogen and oxygen atoms in total. The summed E-state index contributed by atoms with van der Waals surface area (Å²) in [5.74, 6) is 0. The van der Waals surface area contributed by atoms with Crippen molar-refractivity contribution in [2.75, 3.05) is 20.6 Å². The van der Waals surface area contributed by atoms with Crippen LogP contribution >= 0.6 is 0 Å². The third kappa shape index (κ3) is 25.7. The van der Waals surface area contributed by atoms with Gasteiger partial charge in [-0.2, -0.15) is 0 Å². The van der Waals surface area contributed by atoms with Crippen molar-refractivity contribution in [1.29, 1.82) is 0 Å². The Morgan fingerprint density at radius 3 is 1.36 bits per heavy atom. The third-order valence-corrected chi connectivity index (χ3v) is 1.40. The summed E-state index contributed by atoms with van der Waals surface area (Å²) in [5.41, 5.74) is 0. The summed E-state index contributed by atoms with van der Waals surface area (Å²) >= 11 is 0. The van der Waals surface area contributed by atoms with E-state index in [0.29, 0.717) is 0 Å². The summed E-state index contributed by atoms with van der Waals surface area (Å²) in [6.07, 6.45) is 5.54. The molecule has 0 heterocycles. The minimum atomic E-state index is 0.889. The maximum Gasteiger partial charge on any atom is -0.00244 e. The predicted octanol–water partition coefficient (Wildman–Crippen LogP) is 2.97. The normalized spacial score (nSPS) is 9.27. The molecule has 0 rings (SSSR count). The average molecular weight is 158 g/mol. The lowest BCUT2D eigenvalue weighted by molar-refractivity contribution is 0.455. The van der Waals surface area contributed by atoms with E-state index in [0.717, 1.165) is 6.54 Å². The van der Waals surface area contributed by atoms with Gasteiger partial charge >= 0.3 is 0 Å². The zero-order chi connectivity index (χ0) is 9.11. The second kappa shape index (κ2) is 12.6. The highest BCUT2D eigenvalue weighted by Gasteiger charge is 1.75. The van der Waals surface area contributed by atoms with Crippen molar-refractivity contribution in [3.63, 3.8) is 0 Å². The molecule has 0 bridgehead atoms. The smallest absolute Gasteiger partial charge is 0.00244 e. The Balaban J connectivity index is 0. The van der Waals surface area contributed by atoms with Crippen LogP contribution in [0.3, 0.4) is 0 Å². The van der Waals surface area contributed by atoms with Crippen LogP contribution in [0.15, 0.2) is 0 Å². The maximum absolute atomic E-state index is 3.61. The first kappa shape index (κ1) is 13.5. The standard InChI is InChI=1S/C6H14.C4H10N/c1-3-5-6-4-2;1-4-5(2)3/h3-6H2,1-2H3;1,4H2,2-3H3. The lowest BCUT2D eigenvalue weighted by Crippen LogP contribution is -2.08. The van der Waals surface area contributed by atoms with Gasteiger partial charge in [0.05, 0.1) is 0 Å². The second-order valence-corrected chi connectivity index (χ2v) is 3.01. The highest BCUT2D eigenvalue weighted by Crippen LogP contribution is 1.95. The minimum Gasteiger partial charge on any atom is -0.309 e. The summed E-state index contributed by atoms with van der Waals surface area (Å²) in [7, 11) is 3.99. The first-order valence-corrected chi connectivity index (χ1v) is 4.62. The molecule has 0 atom stereocenters. The van der Waals surface area contributed by atoms with Gasteiger partial charge in [0, 0.05) is 0 Å². The zero-order valence-electron chi connectivity index (χ0n) is 8.69. The fraction of sp³-hybridized carbons (Fsp3) is 0.900. The van der Waals surface area contributed by atoms with E-state index in [9.17, 15) is 0 Å². The van der Waals surface area contributed by atoms with Gasteiger partial charge in [-0.3, -0.25) is 0 Å². The average Bonchev–Trinajstić information content (AvgIpc) is 2.02. The molecule has 69 valence electrons. The highest BCUT2D eigenvalue weighted by atomic mass is 15.0. The zero-order valence-corrected chi connectivity index (χ0v) is 8.69. The molecule has 11 heavy (non-hydrogen) atoms. The van der Waals surface area contributed by atoms with Gasteiger partial charge in [0.25, 0.3) is 0 Å². The van der Waals surface area contributed by atoms with Crippen molar-refractivity contribution in [2.24, 2.45) is 0 Å². The Bertz CT molecular complexity index is 46.8. The van der Waals surface area contributed by atoms with Crippen molar-refractivity contribution in [3.05, 3.63) is 6.92 Å². The van der Waals surface area contributed by atoms with E-state index in [1.54, 1.807) is 0 Å². The Kier molecular flexibility index (Phi) is 15.5. The first-order chi connectivity index (χ1) is 5.18. The van der Waals surface area contributed by atoms with E-state index in [-0.39, 0.29) is 0 Å². The molecule has 1 radical (unpaired) electrons. The predicted molar refractivity (Wildman–Crippen MR) is 53.7 cm³/mol. The van der Waals surface area contributed by atoms with E-state index in [1.807, 2.05) is 19.0 Å². The van der Waals surface area contributed by atoms with Crippen LogP contribution in [-0.4, -0.2) is 25.5 Å². The van der Waals surface area contributed by atoms with Crippen LogP contribution in [0.4, 0.5) is 0 Å². The van der Waals surface area contributed by atoms with Crippen molar-refractivity contribution in [2.45, 2.75) is 39.5 Å². The van der Waals surface area contributed by atoms with Crippen molar-refractivity contribution < 1.29 is 0 Å².